The molecule has 1 aliphatic heterocycles. The van der Waals surface area contributed by atoms with Crippen LogP contribution in [0.2, 0.25) is 0 Å². The highest BCUT2D eigenvalue weighted by molar-refractivity contribution is 5.98. The molecule has 2 rings (SSSR count). The number of rotatable bonds is 2. The number of benzene rings is 1. The van der Waals surface area contributed by atoms with Crippen LogP contribution in [0.5, 0.6) is 5.75 Å². The van der Waals surface area contributed by atoms with Crippen LogP contribution in [0.3, 0.4) is 0 Å². The van der Waals surface area contributed by atoms with Crippen molar-refractivity contribution in [3.63, 3.8) is 0 Å². The van der Waals surface area contributed by atoms with E-state index in [0.29, 0.717) is 12.1 Å². The molecule has 0 aliphatic carbocycles. The fourth-order valence-electron chi connectivity index (χ4n) is 1.98. The van der Waals surface area contributed by atoms with Gasteiger partial charge in [0.2, 0.25) is 0 Å². The number of methoxy groups -OCH3 is 1. The van der Waals surface area contributed by atoms with E-state index in [1.165, 1.54) is 7.11 Å². The second kappa shape index (κ2) is 5.01. The molecular weight excluding hydrogens is 218 g/mol. The van der Waals surface area contributed by atoms with Crippen LogP contribution >= 0.6 is 0 Å². The first-order valence-electron chi connectivity index (χ1n) is 5.53. The van der Waals surface area contributed by atoms with Crippen LogP contribution in [0.15, 0.2) is 29.8 Å². The molecule has 90 valence electrons. The maximum absolute atomic E-state index is 11.6. The van der Waals surface area contributed by atoms with Crippen molar-refractivity contribution < 1.29 is 14.6 Å². The van der Waals surface area contributed by atoms with E-state index >= 15 is 0 Å². The summed E-state index contributed by atoms with van der Waals surface area (Å²) in [6.45, 7) is 1.37. The molecule has 0 aromatic heterocycles. The third-order valence-electron chi connectivity index (χ3n) is 2.87. The Balaban J connectivity index is 2.41. The molecule has 0 spiro atoms. The molecule has 0 fully saturated rings. The first-order chi connectivity index (χ1) is 8.22. The molecule has 0 unspecified atom stereocenters. The number of ether oxygens (including phenoxy) is 1. The van der Waals surface area contributed by atoms with Crippen LogP contribution in [0.25, 0.3) is 5.57 Å². The largest absolute Gasteiger partial charge is 0.508 e. The maximum Gasteiger partial charge on any atom is 0.335 e. The molecule has 0 saturated carbocycles. The van der Waals surface area contributed by atoms with Gasteiger partial charge < -0.3 is 15.2 Å². The number of phenolic OH excluding ortho intramolecular Hbond substituents is 1. The Hall–Kier alpha value is -1.81. The third kappa shape index (κ3) is 2.47. The van der Waals surface area contributed by atoms with Gasteiger partial charge in [0.1, 0.15) is 5.75 Å². The molecule has 1 heterocycles. The summed E-state index contributed by atoms with van der Waals surface area (Å²) in [7, 11) is 1.39. The lowest BCUT2D eigenvalue weighted by Crippen LogP contribution is -2.28. The van der Waals surface area contributed by atoms with Gasteiger partial charge in [-0.3, -0.25) is 0 Å². The Morgan fingerprint density at radius 1 is 1.35 bits per heavy atom. The van der Waals surface area contributed by atoms with Crippen LogP contribution in [0.4, 0.5) is 0 Å². The van der Waals surface area contributed by atoms with Crippen LogP contribution < -0.4 is 5.32 Å². The van der Waals surface area contributed by atoms with Crippen molar-refractivity contribution in [3.8, 4) is 5.75 Å². The lowest BCUT2D eigenvalue weighted by Gasteiger charge is -2.20. The van der Waals surface area contributed by atoms with Gasteiger partial charge in [0.15, 0.2) is 0 Å². The fraction of sp³-hybridized carbons (Fsp3) is 0.308. The van der Waals surface area contributed by atoms with E-state index in [-0.39, 0.29) is 11.7 Å². The number of phenols is 1. The van der Waals surface area contributed by atoms with E-state index in [0.717, 1.165) is 24.1 Å². The predicted octanol–water partition coefficient (Wildman–Crippen LogP) is 1.31. The normalized spacial score (nSPS) is 15.8. The number of carbonyl (C=O) groups is 1. The predicted molar refractivity (Wildman–Crippen MR) is 64.5 cm³/mol. The third-order valence-corrected chi connectivity index (χ3v) is 2.87. The summed E-state index contributed by atoms with van der Waals surface area (Å²) in [6, 6.07) is 6.89. The molecule has 0 saturated heterocycles. The zero-order valence-corrected chi connectivity index (χ0v) is 9.69. The van der Waals surface area contributed by atoms with E-state index in [4.69, 9.17) is 4.74 Å². The molecule has 2 N–H and O–H groups in total. The lowest BCUT2D eigenvalue weighted by atomic mass is 9.94. The molecule has 0 amide bonds. The van der Waals surface area contributed by atoms with Crippen LogP contribution in [0.1, 0.15) is 12.0 Å². The van der Waals surface area contributed by atoms with E-state index in [1.54, 1.807) is 12.1 Å². The minimum atomic E-state index is -0.291. The quantitative estimate of drug-likeness (QED) is 0.756. The van der Waals surface area contributed by atoms with E-state index < -0.39 is 0 Å². The van der Waals surface area contributed by atoms with E-state index in [2.05, 4.69) is 5.32 Å². The van der Waals surface area contributed by atoms with Crippen molar-refractivity contribution >= 4 is 11.5 Å². The van der Waals surface area contributed by atoms with Gasteiger partial charge in [-0.25, -0.2) is 4.79 Å². The van der Waals surface area contributed by atoms with Gasteiger partial charge in [0.25, 0.3) is 0 Å². The molecule has 4 heteroatoms. The summed E-state index contributed by atoms with van der Waals surface area (Å²) in [4.78, 5) is 11.6. The Kier molecular flexibility index (Phi) is 3.44. The van der Waals surface area contributed by atoms with Crippen molar-refractivity contribution in [1.29, 1.82) is 0 Å². The SMILES string of the molecule is COC(=O)C1=C(c2ccc(O)cc2)CCNC1. The van der Waals surface area contributed by atoms with Crippen molar-refractivity contribution in [3.05, 3.63) is 35.4 Å². The Morgan fingerprint density at radius 3 is 2.71 bits per heavy atom. The van der Waals surface area contributed by atoms with Gasteiger partial charge in [-0.15, -0.1) is 0 Å². The topological polar surface area (TPSA) is 58.6 Å². The Morgan fingerprint density at radius 2 is 2.06 bits per heavy atom. The number of esters is 1. The lowest BCUT2D eigenvalue weighted by molar-refractivity contribution is -0.136. The monoisotopic (exact) mass is 233 g/mol. The smallest absolute Gasteiger partial charge is 0.335 e. The minimum absolute atomic E-state index is 0.225. The fourth-order valence-corrected chi connectivity index (χ4v) is 1.98. The highest BCUT2D eigenvalue weighted by Crippen LogP contribution is 2.26. The van der Waals surface area contributed by atoms with Gasteiger partial charge in [-0.1, -0.05) is 12.1 Å². The second-order valence-electron chi connectivity index (χ2n) is 3.92. The number of aromatic hydroxyl groups is 1. The van der Waals surface area contributed by atoms with Crippen LogP contribution in [-0.4, -0.2) is 31.3 Å². The average molecular weight is 233 g/mol. The van der Waals surface area contributed by atoms with Crippen molar-refractivity contribution in [2.45, 2.75) is 6.42 Å². The van der Waals surface area contributed by atoms with Gasteiger partial charge in [0, 0.05) is 6.54 Å². The maximum atomic E-state index is 11.6. The molecule has 0 bridgehead atoms. The summed E-state index contributed by atoms with van der Waals surface area (Å²) in [6.07, 6.45) is 0.787. The molecule has 0 atom stereocenters. The molecule has 1 aromatic rings. The zero-order valence-electron chi connectivity index (χ0n) is 9.69. The zero-order chi connectivity index (χ0) is 12.3. The molecule has 4 nitrogen and oxygen atoms in total. The van der Waals surface area contributed by atoms with E-state index in [1.807, 2.05) is 12.1 Å². The summed E-state index contributed by atoms with van der Waals surface area (Å²) in [5.74, 6) is -0.0665. The summed E-state index contributed by atoms with van der Waals surface area (Å²) >= 11 is 0. The summed E-state index contributed by atoms with van der Waals surface area (Å²) < 4.78 is 4.78. The van der Waals surface area contributed by atoms with Crippen molar-refractivity contribution in [2.24, 2.45) is 0 Å². The number of carbonyl (C=O) groups excluding carboxylic acids is 1. The van der Waals surface area contributed by atoms with Crippen LogP contribution in [0, 0.1) is 0 Å². The molecular formula is C13H15NO3. The summed E-state index contributed by atoms with van der Waals surface area (Å²) in [5, 5.41) is 12.4. The number of nitrogens with one attached hydrogen (secondary N) is 1. The van der Waals surface area contributed by atoms with Crippen LogP contribution in [-0.2, 0) is 9.53 Å². The van der Waals surface area contributed by atoms with Gasteiger partial charge in [0.05, 0.1) is 12.7 Å². The molecule has 1 aliphatic rings. The number of hydrogen-bond acceptors (Lipinski definition) is 4. The average Bonchev–Trinajstić information content (AvgIpc) is 2.39. The second-order valence-corrected chi connectivity index (χ2v) is 3.92. The standard InChI is InChI=1S/C13H15NO3/c1-17-13(16)12-8-14-7-6-11(12)9-2-4-10(15)5-3-9/h2-5,14-15H,6-8H2,1H3. The van der Waals surface area contributed by atoms with Gasteiger partial charge in [-0.05, 0) is 36.2 Å². The first kappa shape index (κ1) is 11.7. The summed E-state index contributed by atoms with van der Waals surface area (Å²) in [5.41, 5.74) is 2.63. The molecule has 0 radical (unpaired) electrons. The van der Waals surface area contributed by atoms with Crippen molar-refractivity contribution in [2.75, 3.05) is 20.2 Å². The number of hydrogen-bond donors (Lipinski definition) is 2. The molecule has 17 heavy (non-hydrogen) atoms. The highest BCUT2D eigenvalue weighted by atomic mass is 16.5. The minimum Gasteiger partial charge on any atom is -0.508 e. The van der Waals surface area contributed by atoms with E-state index in [9.17, 15) is 9.90 Å². The Labute approximate surface area is 99.9 Å². The first-order valence-corrected chi connectivity index (χ1v) is 5.53. The Bertz CT molecular complexity index is 448. The van der Waals surface area contributed by atoms with Gasteiger partial charge >= 0.3 is 5.97 Å². The van der Waals surface area contributed by atoms with Crippen molar-refractivity contribution in [1.82, 2.24) is 5.32 Å². The van der Waals surface area contributed by atoms with Gasteiger partial charge in [-0.2, -0.15) is 0 Å². The molecule has 1 aromatic carbocycles. The highest BCUT2D eigenvalue weighted by Gasteiger charge is 2.20.